The van der Waals surface area contributed by atoms with Crippen molar-refractivity contribution in [3.8, 4) is 0 Å². The van der Waals surface area contributed by atoms with Crippen LogP contribution in [0.1, 0.15) is 30.4 Å². The number of rotatable bonds is 3. The van der Waals surface area contributed by atoms with Crippen LogP contribution in [0.2, 0.25) is 0 Å². The summed E-state index contributed by atoms with van der Waals surface area (Å²) in [6.07, 6.45) is 0.107. The molecule has 0 radical (unpaired) electrons. The van der Waals surface area contributed by atoms with E-state index in [1.165, 1.54) is 0 Å². The fourth-order valence-electron chi connectivity index (χ4n) is 2.03. The van der Waals surface area contributed by atoms with Gasteiger partial charge in [-0.05, 0) is 25.5 Å². The van der Waals surface area contributed by atoms with Gasteiger partial charge in [-0.2, -0.15) is 0 Å². The number of carbonyl (C=O) groups is 2. The lowest BCUT2D eigenvalue weighted by atomic mass is 9.96. The van der Waals surface area contributed by atoms with Gasteiger partial charge in [-0.25, -0.2) is 0 Å². The Bertz CT molecular complexity index is 468. The lowest BCUT2D eigenvalue weighted by Crippen LogP contribution is -2.17. The van der Waals surface area contributed by atoms with Crippen molar-refractivity contribution in [2.75, 3.05) is 11.9 Å². The second-order valence-corrected chi connectivity index (χ2v) is 4.14. The highest BCUT2D eigenvalue weighted by Crippen LogP contribution is 2.35. The van der Waals surface area contributed by atoms with E-state index in [1.807, 2.05) is 25.1 Å². The molecule has 0 bridgehead atoms. The molecule has 1 aromatic rings. The van der Waals surface area contributed by atoms with E-state index in [1.54, 1.807) is 6.92 Å². The molecule has 0 fully saturated rings. The van der Waals surface area contributed by atoms with E-state index in [9.17, 15) is 9.59 Å². The molecule has 1 aliphatic heterocycles. The molecule has 0 spiro atoms. The predicted octanol–water partition coefficient (Wildman–Crippen LogP) is 1.98. The Labute approximate surface area is 100.0 Å². The molecule has 0 saturated carbocycles. The van der Waals surface area contributed by atoms with Crippen LogP contribution in [0, 0.1) is 6.92 Å². The van der Waals surface area contributed by atoms with E-state index < -0.39 is 5.92 Å². The summed E-state index contributed by atoms with van der Waals surface area (Å²) >= 11 is 0. The third kappa shape index (κ3) is 2.30. The molecule has 0 saturated heterocycles. The van der Waals surface area contributed by atoms with Gasteiger partial charge in [-0.1, -0.05) is 17.7 Å². The van der Waals surface area contributed by atoms with E-state index in [0.29, 0.717) is 6.61 Å². The van der Waals surface area contributed by atoms with Crippen LogP contribution in [-0.2, 0) is 14.3 Å². The number of aryl methyl sites for hydroxylation is 1. The fourth-order valence-corrected chi connectivity index (χ4v) is 2.03. The number of benzene rings is 1. The molecule has 4 nitrogen and oxygen atoms in total. The van der Waals surface area contributed by atoms with Crippen molar-refractivity contribution >= 4 is 17.6 Å². The monoisotopic (exact) mass is 233 g/mol. The summed E-state index contributed by atoms with van der Waals surface area (Å²) in [4.78, 5) is 23.2. The van der Waals surface area contributed by atoms with Gasteiger partial charge in [0, 0.05) is 5.69 Å². The Morgan fingerprint density at radius 3 is 2.94 bits per heavy atom. The van der Waals surface area contributed by atoms with E-state index in [0.717, 1.165) is 16.8 Å². The molecule has 1 atom stereocenters. The van der Waals surface area contributed by atoms with Gasteiger partial charge in [0.15, 0.2) is 0 Å². The molecule has 1 heterocycles. The Hall–Kier alpha value is -1.84. The molecule has 0 aliphatic carbocycles. The lowest BCUT2D eigenvalue weighted by Gasteiger charge is -2.08. The lowest BCUT2D eigenvalue weighted by molar-refractivity contribution is -0.144. The van der Waals surface area contributed by atoms with Gasteiger partial charge in [0.05, 0.1) is 18.9 Å². The third-order valence-electron chi connectivity index (χ3n) is 2.83. The summed E-state index contributed by atoms with van der Waals surface area (Å²) in [5.41, 5.74) is 2.77. The summed E-state index contributed by atoms with van der Waals surface area (Å²) in [5, 5.41) is 2.78. The number of anilines is 1. The van der Waals surface area contributed by atoms with Gasteiger partial charge in [-0.15, -0.1) is 0 Å². The first-order valence-electron chi connectivity index (χ1n) is 5.69. The van der Waals surface area contributed by atoms with Crippen molar-refractivity contribution < 1.29 is 14.3 Å². The van der Waals surface area contributed by atoms with Gasteiger partial charge < -0.3 is 10.1 Å². The molecule has 1 aromatic carbocycles. The van der Waals surface area contributed by atoms with Crippen molar-refractivity contribution in [1.82, 2.24) is 0 Å². The average Bonchev–Trinajstić information content (AvgIpc) is 2.56. The molecule has 17 heavy (non-hydrogen) atoms. The van der Waals surface area contributed by atoms with Crippen LogP contribution in [0.15, 0.2) is 18.2 Å². The molecule has 0 aromatic heterocycles. The molecule has 90 valence electrons. The number of carbonyl (C=O) groups excluding carboxylic acids is 2. The Morgan fingerprint density at radius 1 is 1.47 bits per heavy atom. The van der Waals surface area contributed by atoms with Crippen LogP contribution < -0.4 is 5.32 Å². The standard InChI is InChI=1S/C13H15NO3/c1-3-17-12(15)7-10-9-6-8(2)4-5-11(9)14-13(10)16/h4-6,10H,3,7H2,1-2H3,(H,14,16). The molecule has 4 heteroatoms. The number of hydrogen-bond donors (Lipinski definition) is 1. The first kappa shape index (κ1) is 11.6. The zero-order chi connectivity index (χ0) is 12.4. The van der Waals surface area contributed by atoms with Gasteiger partial charge in [0.2, 0.25) is 5.91 Å². The number of hydrogen-bond acceptors (Lipinski definition) is 3. The number of esters is 1. The SMILES string of the molecule is CCOC(=O)CC1C(=O)Nc2ccc(C)cc21. The van der Waals surface area contributed by atoms with E-state index >= 15 is 0 Å². The summed E-state index contributed by atoms with van der Waals surface area (Å²) < 4.78 is 4.88. The largest absolute Gasteiger partial charge is 0.466 e. The minimum atomic E-state index is -0.413. The van der Waals surface area contributed by atoms with Gasteiger partial charge in [-0.3, -0.25) is 9.59 Å². The van der Waals surface area contributed by atoms with Crippen molar-refractivity contribution in [2.45, 2.75) is 26.2 Å². The average molecular weight is 233 g/mol. The highest BCUT2D eigenvalue weighted by molar-refractivity contribution is 6.04. The van der Waals surface area contributed by atoms with E-state index in [4.69, 9.17) is 4.74 Å². The normalized spacial score (nSPS) is 17.5. The number of ether oxygens (including phenoxy) is 1. The summed E-state index contributed by atoms with van der Waals surface area (Å²) in [6, 6.07) is 5.75. The maximum atomic E-state index is 11.8. The first-order chi connectivity index (χ1) is 8.11. The second kappa shape index (κ2) is 4.57. The molecular weight excluding hydrogens is 218 g/mol. The Morgan fingerprint density at radius 2 is 2.24 bits per heavy atom. The summed E-state index contributed by atoms with van der Waals surface area (Å²) in [5.74, 6) is -0.871. The van der Waals surface area contributed by atoms with E-state index in [2.05, 4.69) is 5.32 Å². The van der Waals surface area contributed by atoms with E-state index in [-0.39, 0.29) is 18.3 Å². The smallest absolute Gasteiger partial charge is 0.306 e. The van der Waals surface area contributed by atoms with Gasteiger partial charge in [0.25, 0.3) is 0 Å². The maximum absolute atomic E-state index is 11.8. The van der Waals surface area contributed by atoms with Crippen molar-refractivity contribution in [3.05, 3.63) is 29.3 Å². The topological polar surface area (TPSA) is 55.4 Å². The molecule has 1 aliphatic rings. The zero-order valence-electron chi connectivity index (χ0n) is 9.95. The minimum Gasteiger partial charge on any atom is -0.466 e. The van der Waals surface area contributed by atoms with Crippen LogP contribution in [0.25, 0.3) is 0 Å². The number of amides is 1. The number of nitrogens with one attached hydrogen (secondary N) is 1. The maximum Gasteiger partial charge on any atom is 0.306 e. The minimum absolute atomic E-state index is 0.107. The number of fused-ring (bicyclic) bond motifs is 1. The van der Waals surface area contributed by atoms with Crippen LogP contribution >= 0.6 is 0 Å². The molecule has 1 N–H and O–H groups in total. The first-order valence-corrected chi connectivity index (χ1v) is 5.69. The Kier molecular flexibility index (Phi) is 3.13. The predicted molar refractivity (Wildman–Crippen MR) is 63.8 cm³/mol. The second-order valence-electron chi connectivity index (χ2n) is 4.14. The quantitative estimate of drug-likeness (QED) is 0.812. The van der Waals surface area contributed by atoms with Crippen LogP contribution in [0.5, 0.6) is 0 Å². The zero-order valence-corrected chi connectivity index (χ0v) is 9.95. The highest BCUT2D eigenvalue weighted by Gasteiger charge is 2.32. The Balaban J connectivity index is 2.22. The molecule has 2 rings (SSSR count). The van der Waals surface area contributed by atoms with Gasteiger partial charge in [0.1, 0.15) is 0 Å². The van der Waals surface area contributed by atoms with Gasteiger partial charge >= 0.3 is 5.97 Å². The molecule has 1 unspecified atom stereocenters. The van der Waals surface area contributed by atoms with Crippen molar-refractivity contribution in [1.29, 1.82) is 0 Å². The van der Waals surface area contributed by atoms with Crippen molar-refractivity contribution in [3.63, 3.8) is 0 Å². The summed E-state index contributed by atoms with van der Waals surface area (Å²) in [7, 11) is 0. The third-order valence-corrected chi connectivity index (χ3v) is 2.83. The van der Waals surface area contributed by atoms with Crippen LogP contribution in [0.3, 0.4) is 0 Å². The van der Waals surface area contributed by atoms with Crippen LogP contribution in [0.4, 0.5) is 5.69 Å². The highest BCUT2D eigenvalue weighted by atomic mass is 16.5. The van der Waals surface area contributed by atoms with Crippen molar-refractivity contribution in [2.24, 2.45) is 0 Å². The molecule has 1 amide bonds. The van der Waals surface area contributed by atoms with Crippen LogP contribution in [-0.4, -0.2) is 18.5 Å². The fraction of sp³-hybridized carbons (Fsp3) is 0.385. The summed E-state index contributed by atoms with van der Waals surface area (Å²) in [6.45, 7) is 4.06. The molecular formula is C13H15NO3.